The molecule has 0 aromatic heterocycles. The van der Waals surface area contributed by atoms with Gasteiger partial charge in [0.05, 0.1) is 11.4 Å². The summed E-state index contributed by atoms with van der Waals surface area (Å²) < 4.78 is 30.1. The van der Waals surface area contributed by atoms with Gasteiger partial charge < -0.3 is 14.9 Å². The molecule has 9 nitrogen and oxygen atoms in total. The molecule has 44 heavy (non-hydrogen) atoms. The maximum Gasteiger partial charge on any atom is 0.303 e. The van der Waals surface area contributed by atoms with Crippen LogP contribution in [0.2, 0.25) is 0 Å². The number of piperazine rings is 1. The average Bonchev–Trinajstić information content (AvgIpc) is 3.14. The predicted octanol–water partition coefficient (Wildman–Crippen LogP) is 4.13. The molecule has 1 aliphatic carbocycles. The van der Waals surface area contributed by atoms with Crippen LogP contribution < -0.4 is 0 Å². The highest BCUT2D eigenvalue weighted by Gasteiger charge is 2.58. The van der Waals surface area contributed by atoms with Crippen molar-refractivity contribution in [1.82, 2.24) is 14.1 Å². The molecular formula is C34H33N3O6S. The Balaban J connectivity index is 1.44. The number of benzene rings is 3. The molecule has 2 aliphatic heterocycles. The number of carbonyl (C=O) groups excluding carboxylic acids is 2. The molecule has 3 atom stereocenters. The van der Waals surface area contributed by atoms with E-state index in [-0.39, 0.29) is 36.7 Å². The maximum absolute atomic E-state index is 14.5. The van der Waals surface area contributed by atoms with Crippen molar-refractivity contribution in [3.05, 3.63) is 114 Å². The van der Waals surface area contributed by atoms with Crippen LogP contribution in [0.3, 0.4) is 0 Å². The minimum absolute atomic E-state index is 0.0102. The van der Waals surface area contributed by atoms with Gasteiger partial charge in [-0.15, -0.1) is 0 Å². The monoisotopic (exact) mass is 611 g/mol. The molecule has 2 fully saturated rings. The van der Waals surface area contributed by atoms with Crippen molar-refractivity contribution in [2.45, 2.75) is 48.8 Å². The van der Waals surface area contributed by atoms with Gasteiger partial charge in [0, 0.05) is 19.4 Å². The van der Waals surface area contributed by atoms with Crippen LogP contribution in [-0.2, 0) is 30.8 Å². The summed E-state index contributed by atoms with van der Waals surface area (Å²) in [4.78, 5) is 43.0. The molecule has 0 unspecified atom stereocenters. The Labute approximate surface area is 256 Å². The predicted molar refractivity (Wildman–Crippen MR) is 166 cm³/mol. The van der Waals surface area contributed by atoms with Gasteiger partial charge in [-0.1, -0.05) is 91.0 Å². The van der Waals surface area contributed by atoms with Gasteiger partial charge in [-0.05, 0) is 46.9 Å². The summed E-state index contributed by atoms with van der Waals surface area (Å²) in [7, 11) is -4.30. The molecule has 1 N–H and O–H groups in total. The van der Waals surface area contributed by atoms with Crippen molar-refractivity contribution in [3.63, 3.8) is 0 Å². The molecule has 2 saturated heterocycles. The number of rotatable bonds is 9. The van der Waals surface area contributed by atoms with E-state index < -0.39 is 46.6 Å². The zero-order chi connectivity index (χ0) is 30.8. The highest BCUT2D eigenvalue weighted by molar-refractivity contribution is 7.89. The number of carboxylic acids is 1. The molecule has 0 saturated carbocycles. The summed E-state index contributed by atoms with van der Waals surface area (Å²) >= 11 is 0. The molecular weight excluding hydrogens is 578 g/mol. The van der Waals surface area contributed by atoms with E-state index >= 15 is 0 Å². The van der Waals surface area contributed by atoms with E-state index in [1.165, 1.54) is 15.3 Å². The second-order valence-electron chi connectivity index (χ2n) is 11.3. The molecule has 6 rings (SSSR count). The Hall–Kier alpha value is -4.54. The first-order chi connectivity index (χ1) is 21.2. The van der Waals surface area contributed by atoms with Crippen molar-refractivity contribution in [2.24, 2.45) is 0 Å². The van der Waals surface area contributed by atoms with Gasteiger partial charge in [-0.3, -0.25) is 14.4 Å². The number of carbonyl (C=O) groups is 3. The number of fused-ring (bicyclic) bond motifs is 2. The SMILES string of the molecule is O=C(O)CC[C@H]1C(=O)N2[C@@H](Cc3ccccc3)C(=O)N(CC3=CC=CC=CC3)C[C@@H]2N1S(=O)(=O)c1ccc2ccccc2c1. The highest BCUT2D eigenvalue weighted by Crippen LogP contribution is 2.38. The van der Waals surface area contributed by atoms with E-state index in [1.807, 2.05) is 85.0 Å². The zero-order valence-electron chi connectivity index (χ0n) is 24.0. The summed E-state index contributed by atoms with van der Waals surface area (Å²) in [5.74, 6) is -1.95. The third-order valence-electron chi connectivity index (χ3n) is 8.44. The lowest BCUT2D eigenvalue weighted by atomic mass is 9.99. The normalized spacial score (nSPS) is 22.3. The lowest BCUT2D eigenvalue weighted by Crippen LogP contribution is -2.64. The number of sulfonamides is 1. The van der Waals surface area contributed by atoms with E-state index in [1.54, 1.807) is 17.0 Å². The third kappa shape index (κ3) is 5.70. The maximum atomic E-state index is 14.5. The summed E-state index contributed by atoms with van der Waals surface area (Å²) in [6, 6.07) is 19.3. The van der Waals surface area contributed by atoms with Gasteiger partial charge in [0.2, 0.25) is 21.8 Å². The molecule has 3 aromatic rings. The van der Waals surface area contributed by atoms with Crippen molar-refractivity contribution < 1.29 is 27.9 Å². The fraction of sp³-hybridized carbons (Fsp3) is 0.265. The van der Waals surface area contributed by atoms with Crippen molar-refractivity contribution in [2.75, 3.05) is 13.1 Å². The molecule has 2 heterocycles. The number of amides is 2. The van der Waals surface area contributed by atoms with Crippen LogP contribution in [0, 0.1) is 0 Å². The zero-order valence-corrected chi connectivity index (χ0v) is 24.8. The highest BCUT2D eigenvalue weighted by atomic mass is 32.2. The van der Waals surface area contributed by atoms with Crippen molar-refractivity contribution in [1.29, 1.82) is 0 Å². The van der Waals surface area contributed by atoms with E-state index in [4.69, 9.17) is 0 Å². The largest absolute Gasteiger partial charge is 0.481 e. The summed E-state index contributed by atoms with van der Waals surface area (Å²) in [6.45, 7) is 0.248. The quantitative estimate of drug-likeness (QED) is 0.389. The first kappa shape index (κ1) is 29.5. The fourth-order valence-corrected chi connectivity index (χ4v) is 8.12. The van der Waals surface area contributed by atoms with Crippen LogP contribution in [-0.4, -0.2) is 76.8 Å². The second-order valence-corrected chi connectivity index (χ2v) is 13.1. The van der Waals surface area contributed by atoms with Crippen LogP contribution in [0.15, 0.2) is 114 Å². The fourth-order valence-electron chi connectivity index (χ4n) is 6.34. The van der Waals surface area contributed by atoms with Crippen molar-refractivity contribution >= 4 is 38.6 Å². The standard InChI is InChI=1S/C34H33N3O6S/c38-32(39)19-18-29-34(41)36-30(20-24-10-6-3-7-11-24)33(40)35(22-25-12-4-1-2-5-13-25)23-31(36)37(29)44(42,43)28-17-16-26-14-8-9-15-27(26)21-28/h1-12,14-17,21,29-31H,13,18-20,22-23H2,(H,38,39)/t29-,30-,31-/m0/s1. The number of aliphatic carboxylic acids is 1. The summed E-state index contributed by atoms with van der Waals surface area (Å²) in [6.07, 6.45) is 8.92. The molecule has 10 heteroatoms. The molecule has 3 aliphatic rings. The van der Waals surface area contributed by atoms with Gasteiger partial charge in [0.1, 0.15) is 18.2 Å². The van der Waals surface area contributed by atoms with E-state index in [0.717, 1.165) is 21.9 Å². The third-order valence-corrected chi connectivity index (χ3v) is 10.3. The Morgan fingerprint density at radius 1 is 0.864 bits per heavy atom. The van der Waals surface area contributed by atoms with Gasteiger partial charge in [0.25, 0.3) is 0 Å². The van der Waals surface area contributed by atoms with Crippen LogP contribution in [0.1, 0.15) is 24.8 Å². The van der Waals surface area contributed by atoms with Gasteiger partial charge in [-0.25, -0.2) is 8.42 Å². The molecule has 2 amide bonds. The Morgan fingerprint density at radius 2 is 1.61 bits per heavy atom. The average molecular weight is 612 g/mol. The van der Waals surface area contributed by atoms with E-state index in [9.17, 15) is 27.9 Å². The van der Waals surface area contributed by atoms with Gasteiger partial charge in [-0.2, -0.15) is 4.31 Å². The van der Waals surface area contributed by atoms with E-state index in [2.05, 4.69) is 0 Å². The number of carboxylic acid groups (broad SMARTS) is 1. The lowest BCUT2D eigenvalue weighted by Gasteiger charge is -2.44. The minimum Gasteiger partial charge on any atom is -0.481 e. The van der Waals surface area contributed by atoms with Crippen molar-refractivity contribution in [3.8, 4) is 0 Å². The van der Waals surface area contributed by atoms with Crippen LogP contribution in [0.25, 0.3) is 10.8 Å². The molecule has 3 aromatic carbocycles. The molecule has 226 valence electrons. The first-order valence-electron chi connectivity index (χ1n) is 14.6. The topological polar surface area (TPSA) is 115 Å². The van der Waals surface area contributed by atoms with Crippen LogP contribution in [0.5, 0.6) is 0 Å². The lowest BCUT2D eigenvalue weighted by molar-refractivity contribution is -0.152. The number of nitrogens with zero attached hydrogens (tertiary/aromatic N) is 3. The minimum atomic E-state index is -4.30. The molecule has 0 radical (unpaired) electrons. The van der Waals surface area contributed by atoms with E-state index in [0.29, 0.717) is 6.42 Å². The molecule has 0 bridgehead atoms. The van der Waals surface area contributed by atoms with Crippen LogP contribution >= 0.6 is 0 Å². The van der Waals surface area contributed by atoms with Gasteiger partial charge in [0.15, 0.2) is 0 Å². The summed E-state index contributed by atoms with van der Waals surface area (Å²) in [5.41, 5.74) is 1.81. The first-order valence-corrected chi connectivity index (χ1v) is 16.1. The Morgan fingerprint density at radius 3 is 2.39 bits per heavy atom. The molecule has 0 spiro atoms. The number of hydrogen-bond acceptors (Lipinski definition) is 5. The Kier molecular flexibility index (Phi) is 8.20. The summed E-state index contributed by atoms with van der Waals surface area (Å²) in [5, 5.41) is 11.1. The van der Waals surface area contributed by atoms with Gasteiger partial charge >= 0.3 is 5.97 Å². The van der Waals surface area contributed by atoms with Crippen LogP contribution in [0.4, 0.5) is 0 Å². The smallest absolute Gasteiger partial charge is 0.303 e. The Bertz CT molecular complexity index is 1800. The second kappa shape index (κ2) is 12.2. The number of hydrogen-bond donors (Lipinski definition) is 1. The number of allylic oxidation sites excluding steroid dienone is 5.